The van der Waals surface area contributed by atoms with Gasteiger partial charge in [0.2, 0.25) is 5.91 Å². The molecule has 1 aromatic heterocycles. The van der Waals surface area contributed by atoms with Crippen molar-refractivity contribution in [2.75, 3.05) is 13.1 Å². The summed E-state index contributed by atoms with van der Waals surface area (Å²) in [6.07, 6.45) is 1.59. The van der Waals surface area contributed by atoms with Crippen LogP contribution in [0.1, 0.15) is 37.2 Å². The second kappa shape index (κ2) is 7.92. The number of likely N-dealkylation sites (tertiary alicyclic amines) is 1. The lowest BCUT2D eigenvalue weighted by atomic mass is 9.90. The Morgan fingerprint density at radius 2 is 1.89 bits per heavy atom. The van der Waals surface area contributed by atoms with Gasteiger partial charge in [-0.25, -0.2) is 0 Å². The fourth-order valence-corrected chi connectivity index (χ4v) is 3.52. The summed E-state index contributed by atoms with van der Waals surface area (Å²) in [5.74, 6) is -0.184. The molecule has 3 N–H and O–H groups in total. The van der Waals surface area contributed by atoms with Crippen molar-refractivity contribution < 1.29 is 14.0 Å². The van der Waals surface area contributed by atoms with Crippen LogP contribution in [-0.2, 0) is 4.79 Å². The molecule has 2 amide bonds. The van der Waals surface area contributed by atoms with Crippen molar-refractivity contribution in [3.8, 4) is 0 Å². The van der Waals surface area contributed by atoms with E-state index in [9.17, 15) is 14.4 Å². The molecule has 2 atom stereocenters. The highest BCUT2D eigenvalue weighted by Gasteiger charge is 2.28. The van der Waals surface area contributed by atoms with Crippen molar-refractivity contribution in [3.63, 3.8) is 0 Å². The second-order valence-corrected chi connectivity index (χ2v) is 7.18. The van der Waals surface area contributed by atoms with Crippen LogP contribution in [0.5, 0.6) is 0 Å². The lowest BCUT2D eigenvalue weighted by molar-refractivity contribution is -0.133. The number of nitrogens with one attached hydrogen (secondary N) is 1. The Hall–Kier alpha value is -2.67. The number of nitrogens with two attached hydrogens (primary N) is 1. The van der Waals surface area contributed by atoms with Gasteiger partial charge in [-0.05, 0) is 44.7 Å². The van der Waals surface area contributed by atoms with Crippen molar-refractivity contribution in [1.82, 2.24) is 10.2 Å². The van der Waals surface area contributed by atoms with E-state index >= 15 is 0 Å². The molecule has 0 spiro atoms. The minimum absolute atomic E-state index is 0.00937. The van der Waals surface area contributed by atoms with E-state index < -0.39 is 11.9 Å². The predicted molar refractivity (Wildman–Crippen MR) is 102 cm³/mol. The summed E-state index contributed by atoms with van der Waals surface area (Å²) in [6, 6.07) is 7.49. The zero-order valence-corrected chi connectivity index (χ0v) is 15.6. The molecule has 2 unspecified atom stereocenters. The first kappa shape index (κ1) is 19.1. The molecule has 1 aromatic carbocycles. The van der Waals surface area contributed by atoms with Crippen LogP contribution in [0, 0.1) is 5.92 Å². The fraction of sp³-hybridized carbons (Fsp3) is 0.450. The number of nitrogens with zero attached hydrogens (tertiary/aromatic N) is 1. The number of rotatable bonds is 4. The SMILES string of the molecule is CC(N)C(=O)N1CCC(C(C)NC(=O)c2cc(=O)c3ccccc3o2)CC1. The molecule has 144 valence electrons. The minimum atomic E-state index is -0.491. The molecule has 1 aliphatic heterocycles. The van der Waals surface area contributed by atoms with Crippen LogP contribution >= 0.6 is 0 Å². The molecule has 27 heavy (non-hydrogen) atoms. The molecule has 1 fully saturated rings. The Morgan fingerprint density at radius 3 is 2.56 bits per heavy atom. The molecular weight excluding hydrogens is 346 g/mol. The van der Waals surface area contributed by atoms with Gasteiger partial charge in [0, 0.05) is 25.2 Å². The molecule has 0 aliphatic carbocycles. The van der Waals surface area contributed by atoms with E-state index in [1.54, 1.807) is 36.1 Å². The number of hydrogen-bond donors (Lipinski definition) is 2. The topological polar surface area (TPSA) is 106 Å². The maximum Gasteiger partial charge on any atom is 0.287 e. The van der Waals surface area contributed by atoms with Crippen LogP contribution < -0.4 is 16.5 Å². The third-order valence-corrected chi connectivity index (χ3v) is 5.17. The summed E-state index contributed by atoms with van der Waals surface area (Å²) in [7, 11) is 0. The lowest BCUT2D eigenvalue weighted by Crippen LogP contribution is -2.49. The standard InChI is InChI=1S/C20H25N3O4/c1-12(21)20(26)23-9-7-14(8-10-23)13(2)22-19(25)18-11-16(24)15-5-3-4-6-17(15)27-18/h3-6,11-14H,7-10,21H2,1-2H3,(H,22,25). The first-order valence-corrected chi connectivity index (χ1v) is 9.25. The molecule has 7 nitrogen and oxygen atoms in total. The second-order valence-electron chi connectivity index (χ2n) is 7.18. The summed E-state index contributed by atoms with van der Waals surface area (Å²) >= 11 is 0. The Labute approximate surface area is 157 Å². The van der Waals surface area contributed by atoms with Gasteiger partial charge >= 0.3 is 0 Å². The smallest absolute Gasteiger partial charge is 0.287 e. The van der Waals surface area contributed by atoms with E-state index in [0.717, 1.165) is 12.8 Å². The van der Waals surface area contributed by atoms with Gasteiger partial charge in [0.15, 0.2) is 11.2 Å². The zero-order chi connectivity index (χ0) is 19.6. The van der Waals surface area contributed by atoms with Crippen LogP contribution in [0.25, 0.3) is 11.0 Å². The van der Waals surface area contributed by atoms with Gasteiger partial charge in [-0.3, -0.25) is 14.4 Å². The van der Waals surface area contributed by atoms with Crippen LogP contribution in [0.15, 0.2) is 39.5 Å². The maximum atomic E-state index is 12.5. The van der Waals surface area contributed by atoms with Crippen molar-refractivity contribution >= 4 is 22.8 Å². The number of para-hydroxylation sites is 1. The number of hydrogen-bond acceptors (Lipinski definition) is 5. The average molecular weight is 371 g/mol. The van der Waals surface area contributed by atoms with Gasteiger partial charge in [0.25, 0.3) is 5.91 Å². The molecule has 2 heterocycles. The van der Waals surface area contributed by atoms with Gasteiger partial charge < -0.3 is 20.4 Å². The number of benzene rings is 1. The van der Waals surface area contributed by atoms with E-state index in [1.165, 1.54) is 6.07 Å². The predicted octanol–water partition coefficient (Wildman–Crippen LogP) is 1.50. The van der Waals surface area contributed by atoms with Crippen LogP contribution in [0.2, 0.25) is 0 Å². The monoisotopic (exact) mass is 371 g/mol. The third kappa shape index (κ3) is 4.19. The van der Waals surface area contributed by atoms with Gasteiger partial charge in [-0.15, -0.1) is 0 Å². The van der Waals surface area contributed by atoms with Gasteiger partial charge in [0.1, 0.15) is 5.58 Å². The number of carbonyl (C=O) groups excluding carboxylic acids is 2. The van der Waals surface area contributed by atoms with Crippen LogP contribution in [0.4, 0.5) is 0 Å². The molecule has 0 bridgehead atoms. The van der Waals surface area contributed by atoms with E-state index in [4.69, 9.17) is 10.2 Å². The lowest BCUT2D eigenvalue weighted by Gasteiger charge is -2.35. The molecule has 0 saturated carbocycles. The zero-order valence-electron chi connectivity index (χ0n) is 15.6. The van der Waals surface area contributed by atoms with E-state index in [2.05, 4.69) is 5.32 Å². The van der Waals surface area contributed by atoms with Gasteiger partial charge in [0.05, 0.1) is 11.4 Å². The number of piperidine rings is 1. The van der Waals surface area contributed by atoms with E-state index in [1.807, 2.05) is 6.92 Å². The molecule has 0 radical (unpaired) electrons. The van der Waals surface area contributed by atoms with Crippen LogP contribution in [0.3, 0.4) is 0 Å². The van der Waals surface area contributed by atoms with Crippen molar-refractivity contribution in [2.24, 2.45) is 11.7 Å². The number of amides is 2. The quantitative estimate of drug-likeness (QED) is 0.847. The average Bonchev–Trinajstić information content (AvgIpc) is 2.67. The van der Waals surface area contributed by atoms with Crippen LogP contribution in [-0.4, -0.2) is 41.9 Å². The van der Waals surface area contributed by atoms with Crippen molar-refractivity contribution in [1.29, 1.82) is 0 Å². The molecule has 7 heteroatoms. The molecule has 2 aromatic rings. The largest absolute Gasteiger partial charge is 0.451 e. The molecule has 1 saturated heterocycles. The highest BCUT2D eigenvalue weighted by molar-refractivity contribution is 5.93. The summed E-state index contributed by atoms with van der Waals surface area (Å²) < 4.78 is 5.59. The number of fused-ring (bicyclic) bond motifs is 1. The van der Waals surface area contributed by atoms with Gasteiger partial charge in [-0.1, -0.05) is 12.1 Å². The van der Waals surface area contributed by atoms with Crippen molar-refractivity contribution in [2.45, 2.75) is 38.8 Å². The highest BCUT2D eigenvalue weighted by atomic mass is 16.3. The van der Waals surface area contributed by atoms with Crippen molar-refractivity contribution in [3.05, 3.63) is 46.3 Å². The summed E-state index contributed by atoms with van der Waals surface area (Å²) in [5, 5.41) is 3.38. The highest BCUT2D eigenvalue weighted by Crippen LogP contribution is 2.21. The molecule has 3 rings (SSSR count). The summed E-state index contributed by atoms with van der Waals surface area (Å²) in [6.45, 7) is 4.89. The van der Waals surface area contributed by atoms with Gasteiger partial charge in [-0.2, -0.15) is 0 Å². The Morgan fingerprint density at radius 1 is 1.22 bits per heavy atom. The first-order valence-electron chi connectivity index (χ1n) is 9.25. The normalized spacial score (nSPS) is 17.5. The molecule has 1 aliphatic rings. The first-order chi connectivity index (χ1) is 12.9. The van der Waals surface area contributed by atoms with E-state index in [0.29, 0.717) is 24.1 Å². The Kier molecular flexibility index (Phi) is 5.60. The molecular formula is C20H25N3O4. The third-order valence-electron chi connectivity index (χ3n) is 5.17. The number of carbonyl (C=O) groups is 2. The summed E-state index contributed by atoms with van der Waals surface area (Å²) in [4.78, 5) is 38.4. The Balaban J connectivity index is 1.63. The fourth-order valence-electron chi connectivity index (χ4n) is 3.52. The summed E-state index contributed by atoms with van der Waals surface area (Å²) in [5.41, 5.74) is 5.81. The minimum Gasteiger partial charge on any atom is -0.451 e. The Bertz CT molecular complexity index is 897. The van der Waals surface area contributed by atoms with E-state index in [-0.39, 0.29) is 29.1 Å². The maximum absolute atomic E-state index is 12.5.